The minimum Gasteiger partial charge on any atom is -0.497 e. The van der Waals surface area contributed by atoms with Crippen LogP contribution in [0, 0.1) is 5.82 Å². The van der Waals surface area contributed by atoms with Crippen molar-refractivity contribution in [2.45, 2.75) is 6.54 Å². The molecule has 174 valence electrons. The molecular weight excluding hydrogens is 471 g/mol. The normalized spacial score (nSPS) is 11.3. The molecule has 0 saturated heterocycles. The third-order valence-corrected chi connectivity index (χ3v) is 6.01. The van der Waals surface area contributed by atoms with E-state index >= 15 is 0 Å². The zero-order valence-corrected chi connectivity index (χ0v) is 19.5. The van der Waals surface area contributed by atoms with E-state index in [-0.39, 0.29) is 17.8 Å². The van der Waals surface area contributed by atoms with Gasteiger partial charge < -0.3 is 14.8 Å². The van der Waals surface area contributed by atoms with Gasteiger partial charge in [0.05, 0.1) is 25.6 Å². The summed E-state index contributed by atoms with van der Waals surface area (Å²) >= 11 is 6.08. The van der Waals surface area contributed by atoms with Crippen LogP contribution in [0.1, 0.15) is 5.56 Å². The molecule has 0 fully saturated rings. The third kappa shape index (κ3) is 6.92. The van der Waals surface area contributed by atoms with Crippen LogP contribution in [0.25, 0.3) is 0 Å². The highest BCUT2D eigenvalue weighted by atomic mass is 35.5. The molecule has 0 heterocycles. The molecule has 0 unspecified atom stereocenters. The molecule has 0 aromatic heterocycles. The van der Waals surface area contributed by atoms with E-state index in [2.05, 4.69) is 5.32 Å². The van der Waals surface area contributed by atoms with Crippen LogP contribution in [0.15, 0.2) is 66.7 Å². The summed E-state index contributed by atoms with van der Waals surface area (Å²) in [7, 11) is -2.28. The molecule has 33 heavy (non-hydrogen) atoms. The lowest BCUT2D eigenvalue weighted by molar-refractivity contribution is -0.116. The fourth-order valence-corrected chi connectivity index (χ4v) is 3.83. The summed E-state index contributed by atoms with van der Waals surface area (Å²) in [4.78, 5) is 12.7. The van der Waals surface area contributed by atoms with Crippen LogP contribution in [0.5, 0.6) is 17.2 Å². The first-order valence-electron chi connectivity index (χ1n) is 9.75. The van der Waals surface area contributed by atoms with Crippen LogP contribution < -0.4 is 14.8 Å². The fourth-order valence-electron chi connectivity index (χ4n) is 2.94. The number of rotatable bonds is 9. The molecule has 0 aliphatic heterocycles. The summed E-state index contributed by atoms with van der Waals surface area (Å²) < 4.78 is 50.4. The molecule has 10 heteroatoms. The van der Waals surface area contributed by atoms with Crippen molar-refractivity contribution < 1.29 is 27.1 Å². The number of sulfonamides is 1. The van der Waals surface area contributed by atoms with Crippen LogP contribution in [-0.2, 0) is 21.4 Å². The van der Waals surface area contributed by atoms with Gasteiger partial charge >= 0.3 is 0 Å². The summed E-state index contributed by atoms with van der Waals surface area (Å²) in [5.41, 5.74) is 0.398. The molecule has 1 amide bonds. The number of carbonyl (C=O) groups excluding carboxylic acids is 1. The number of methoxy groups -OCH3 is 1. The molecule has 0 spiro atoms. The van der Waals surface area contributed by atoms with Crippen molar-refractivity contribution in [3.63, 3.8) is 0 Å². The first kappa shape index (κ1) is 24.5. The first-order valence-corrected chi connectivity index (χ1v) is 12.0. The van der Waals surface area contributed by atoms with Gasteiger partial charge in [-0.2, -0.15) is 4.31 Å². The van der Waals surface area contributed by atoms with E-state index in [1.165, 1.54) is 31.4 Å². The Bertz CT molecular complexity index is 1250. The van der Waals surface area contributed by atoms with E-state index in [4.69, 9.17) is 21.1 Å². The Morgan fingerprint density at radius 2 is 1.79 bits per heavy atom. The predicted octanol–water partition coefficient (Wildman–Crippen LogP) is 4.68. The maximum Gasteiger partial charge on any atom is 0.239 e. The van der Waals surface area contributed by atoms with E-state index in [0.29, 0.717) is 22.3 Å². The highest BCUT2D eigenvalue weighted by molar-refractivity contribution is 7.88. The van der Waals surface area contributed by atoms with Gasteiger partial charge in [-0.15, -0.1) is 0 Å². The molecule has 3 rings (SSSR count). The SMILES string of the molecule is COc1cccc(Oc2ccc(Cl)cc2NC(=O)CN(Cc2ccccc2F)S(C)(=O)=O)c1. The topological polar surface area (TPSA) is 84.9 Å². The maximum atomic E-state index is 14.0. The van der Waals surface area contributed by atoms with Gasteiger partial charge in [0, 0.05) is 23.2 Å². The van der Waals surface area contributed by atoms with E-state index in [1.54, 1.807) is 42.5 Å². The second-order valence-corrected chi connectivity index (χ2v) is 9.51. The standard InChI is InChI=1S/C23H22ClFN2O5S/c1-31-18-7-5-8-19(13-18)32-22-11-10-17(24)12-21(22)26-23(28)15-27(33(2,29)30)14-16-6-3-4-9-20(16)25/h3-13H,14-15H2,1-2H3,(H,26,28). The van der Waals surface area contributed by atoms with Gasteiger partial charge in [-0.05, 0) is 36.4 Å². The van der Waals surface area contributed by atoms with Gasteiger partial charge in [-0.3, -0.25) is 4.79 Å². The number of halogens is 2. The largest absolute Gasteiger partial charge is 0.497 e. The number of anilines is 1. The Morgan fingerprint density at radius 3 is 2.48 bits per heavy atom. The molecule has 3 aromatic rings. The van der Waals surface area contributed by atoms with Crippen molar-refractivity contribution in [3.8, 4) is 17.2 Å². The number of nitrogens with zero attached hydrogens (tertiary/aromatic N) is 1. The van der Waals surface area contributed by atoms with Gasteiger partial charge in [-0.25, -0.2) is 12.8 Å². The molecule has 1 N–H and O–H groups in total. The summed E-state index contributed by atoms with van der Waals surface area (Å²) in [5.74, 6) is 0.138. The molecule has 3 aromatic carbocycles. The maximum absolute atomic E-state index is 14.0. The number of hydrogen-bond acceptors (Lipinski definition) is 5. The highest BCUT2D eigenvalue weighted by Gasteiger charge is 2.22. The zero-order chi connectivity index (χ0) is 24.0. The van der Waals surface area contributed by atoms with Gasteiger partial charge in [0.25, 0.3) is 0 Å². The molecule has 0 aliphatic rings. The van der Waals surface area contributed by atoms with Crippen molar-refractivity contribution in [2.24, 2.45) is 0 Å². The van der Waals surface area contributed by atoms with Gasteiger partial charge in [0.1, 0.15) is 17.3 Å². The number of hydrogen-bond donors (Lipinski definition) is 1. The van der Waals surface area contributed by atoms with Crippen LogP contribution >= 0.6 is 11.6 Å². The Morgan fingerprint density at radius 1 is 1.06 bits per heavy atom. The van der Waals surface area contributed by atoms with E-state index < -0.39 is 28.3 Å². The Balaban J connectivity index is 1.79. The van der Waals surface area contributed by atoms with E-state index in [9.17, 15) is 17.6 Å². The average Bonchev–Trinajstić information content (AvgIpc) is 2.76. The average molecular weight is 493 g/mol. The quantitative estimate of drug-likeness (QED) is 0.469. The second kappa shape index (κ2) is 10.7. The zero-order valence-electron chi connectivity index (χ0n) is 17.9. The molecule has 0 aliphatic carbocycles. The van der Waals surface area contributed by atoms with Crippen molar-refractivity contribution in [1.29, 1.82) is 0 Å². The van der Waals surface area contributed by atoms with Crippen LogP contribution in [-0.4, -0.2) is 38.5 Å². The lowest BCUT2D eigenvalue weighted by Gasteiger charge is -2.20. The monoisotopic (exact) mass is 492 g/mol. The number of ether oxygens (including phenoxy) is 2. The molecule has 7 nitrogen and oxygen atoms in total. The summed E-state index contributed by atoms with van der Waals surface area (Å²) in [6.07, 6.45) is 0.956. The smallest absolute Gasteiger partial charge is 0.239 e. The molecule has 0 radical (unpaired) electrons. The lowest BCUT2D eigenvalue weighted by atomic mass is 10.2. The van der Waals surface area contributed by atoms with Crippen LogP contribution in [0.3, 0.4) is 0 Å². The minimum absolute atomic E-state index is 0.153. The molecule has 0 bridgehead atoms. The number of benzene rings is 3. The highest BCUT2D eigenvalue weighted by Crippen LogP contribution is 2.33. The van der Waals surface area contributed by atoms with E-state index in [0.717, 1.165) is 10.6 Å². The van der Waals surface area contributed by atoms with Gasteiger partial charge in [0.15, 0.2) is 5.75 Å². The molecular formula is C23H22ClFN2O5S. The summed E-state index contributed by atoms with van der Waals surface area (Å²) in [6.45, 7) is -0.820. The first-order chi connectivity index (χ1) is 15.7. The second-order valence-electron chi connectivity index (χ2n) is 7.09. The van der Waals surface area contributed by atoms with Crippen molar-refractivity contribution in [3.05, 3.63) is 83.1 Å². The lowest BCUT2D eigenvalue weighted by Crippen LogP contribution is -2.37. The van der Waals surface area contributed by atoms with Crippen LogP contribution in [0.2, 0.25) is 5.02 Å². The van der Waals surface area contributed by atoms with Crippen molar-refractivity contribution in [1.82, 2.24) is 4.31 Å². The molecule has 0 saturated carbocycles. The minimum atomic E-state index is -3.81. The summed E-state index contributed by atoms with van der Waals surface area (Å²) in [6, 6.07) is 17.3. The Hall–Kier alpha value is -3.14. The van der Waals surface area contributed by atoms with Gasteiger partial charge in [-0.1, -0.05) is 35.9 Å². The molecule has 0 atom stereocenters. The van der Waals surface area contributed by atoms with Crippen LogP contribution in [0.4, 0.5) is 10.1 Å². The van der Waals surface area contributed by atoms with Crippen molar-refractivity contribution >= 4 is 33.2 Å². The van der Waals surface area contributed by atoms with E-state index in [1.807, 2.05) is 0 Å². The third-order valence-electron chi connectivity index (χ3n) is 4.58. The summed E-state index contributed by atoms with van der Waals surface area (Å²) in [5, 5.41) is 2.97. The number of amides is 1. The Labute approximate surface area is 196 Å². The van der Waals surface area contributed by atoms with Gasteiger partial charge in [0.2, 0.25) is 15.9 Å². The number of nitrogens with one attached hydrogen (secondary N) is 1. The van der Waals surface area contributed by atoms with Crippen molar-refractivity contribution in [2.75, 3.05) is 25.2 Å². The number of carbonyl (C=O) groups is 1. The fraction of sp³-hybridized carbons (Fsp3) is 0.174. The Kier molecular flexibility index (Phi) is 7.91. The predicted molar refractivity (Wildman–Crippen MR) is 125 cm³/mol.